The molecule has 8 rings (SSSR count). The molecule has 19 heteroatoms. The number of fused-ring (bicyclic) bond motifs is 3. The summed E-state index contributed by atoms with van der Waals surface area (Å²) < 4.78 is 64.7. The minimum atomic E-state index is -4.23. The number of hydrogen-bond donors (Lipinski definition) is 3. The molecule has 57 heavy (non-hydrogen) atoms. The molecule has 6 heterocycles. The Morgan fingerprint density at radius 2 is 1.56 bits per heavy atom. The van der Waals surface area contributed by atoms with Crippen LogP contribution >= 0.6 is 34.0 Å². The molecule has 3 N–H and O–H groups in total. The van der Waals surface area contributed by atoms with Gasteiger partial charge in [-0.2, -0.15) is 4.72 Å². The number of sulfonamides is 2. The molecule has 1 aromatic carbocycles. The number of ether oxygens (including phenoxy) is 1. The van der Waals surface area contributed by atoms with E-state index in [9.17, 15) is 31.2 Å². The van der Waals surface area contributed by atoms with Gasteiger partial charge >= 0.3 is 0 Å². The molecule has 2 aliphatic heterocycles. The molecule has 0 radical (unpaired) electrons. The monoisotopic (exact) mass is 866 g/mol. The summed E-state index contributed by atoms with van der Waals surface area (Å²) in [6.45, 7) is -0.109. The van der Waals surface area contributed by atoms with Gasteiger partial charge in [-0.15, -0.1) is 34.0 Å². The number of allylic oxidation sites excluding steroid dienone is 1. The molecule has 3 amide bonds. The van der Waals surface area contributed by atoms with Gasteiger partial charge in [-0.05, 0) is 72.2 Å². The second-order valence-corrected chi connectivity index (χ2v) is 20.8. The first-order valence-electron chi connectivity index (χ1n) is 18.4. The van der Waals surface area contributed by atoms with Gasteiger partial charge in [0.05, 0.1) is 22.5 Å². The smallest absolute Gasteiger partial charge is 0.273 e. The summed E-state index contributed by atoms with van der Waals surface area (Å²) in [6.07, 6.45) is 5.77. The normalized spacial score (nSPS) is 25.1. The summed E-state index contributed by atoms with van der Waals surface area (Å²) in [7, 11) is -8.33. The van der Waals surface area contributed by atoms with Gasteiger partial charge in [0, 0.05) is 12.3 Å². The summed E-state index contributed by atoms with van der Waals surface area (Å²) in [5.41, 5.74) is 0.110. The fraction of sp³-hybridized carbons (Fsp3) is 0.342. The van der Waals surface area contributed by atoms with Crippen molar-refractivity contribution in [1.82, 2.24) is 29.6 Å². The van der Waals surface area contributed by atoms with E-state index < -0.39 is 67.4 Å². The zero-order valence-corrected chi connectivity index (χ0v) is 34.4. The van der Waals surface area contributed by atoms with Crippen LogP contribution in [0.4, 0.5) is 0 Å². The minimum Gasteiger partial charge on any atom is -0.471 e. The molecule has 5 atom stereocenters. The zero-order chi connectivity index (χ0) is 39.8. The summed E-state index contributed by atoms with van der Waals surface area (Å²) in [5.74, 6) is -2.51. The Labute approximate surface area is 341 Å². The number of aromatic nitrogens is 2. The number of para-hydroxylation sites is 2. The Hall–Kier alpha value is -4.53. The Kier molecular flexibility index (Phi) is 11.0. The van der Waals surface area contributed by atoms with E-state index in [4.69, 9.17) is 14.7 Å². The maximum absolute atomic E-state index is 14.7. The maximum atomic E-state index is 14.7. The van der Waals surface area contributed by atoms with Crippen molar-refractivity contribution >= 4 is 82.8 Å². The highest BCUT2D eigenvalue weighted by molar-refractivity contribution is 7.92. The first-order valence-corrected chi connectivity index (χ1v) is 24.0. The van der Waals surface area contributed by atoms with E-state index in [0.717, 1.165) is 34.0 Å². The molecule has 1 saturated heterocycles. The van der Waals surface area contributed by atoms with E-state index in [-0.39, 0.29) is 40.1 Å². The van der Waals surface area contributed by atoms with E-state index in [1.54, 1.807) is 29.0 Å². The SMILES string of the molecule is O=C1N[C@]2(C(=O)NS(=O)(=O)c3cccs3)CC2/C=C\CCCCC[C@H](NS(=O)(=O)c2cccs2)C(=O)N2C[C@H](Oc3nc4ccccc4nc3-c3cccs3)C[C@@H]12. The van der Waals surface area contributed by atoms with Crippen LogP contribution in [0.25, 0.3) is 21.6 Å². The Bertz CT molecular complexity index is 2530. The number of rotatable bonds is 9. The number of thiophene rings is 3. The number of nitrogens with zero attached hydrogens (tertiary/aromatic N) is 3. The molecular weight excluding hydrogens is 829 g/mol. The van der Waals surface area contributed by atoms with Crippen LogP contribution in [-0.4, -0.2) is 79.7 Å². The van der Waals surface area contributed by atoms with Crippen molar-refractivity contribution in [3.05, 3.63) is 89.0 Å². The van der Waals surface area contributed by atoms with Gasteiger partial charge in [0.15, 0.2) is 0 Å². The van der Waals surface area contributed by atoms with E-state index in [2.05, 4.69) is 14.8 Å². The molecular formula is C38H38N6O8S5. The van der Waals surface area contributed by atoms with Crippen LogP contribution in [0.1, 0.15) is 44.9 Å². The second-order valence-electron chi connectivity index (χ2n) is 14.1. The standard InChI is InChI=1S/C38H38N6O8S5/c45-34-29-21-25(52-35-33(30-15-8-18-53-30)39-26-12-6-7-13-27(26)40-35)23-44(29)36(46)28(42-56(48,49)31-16-9-19-54-31)14-5-3-1-2-4-11-24-22-38(24,41-34)37(47)43-57(50,51)32-17-10-20-55-32/h4,6-13,15-20,24-25,28-29,42H,1-3,5,14,21-23H2,(H,41,45)(H,43,47)/b11-4-/t24?,25-,28+,29+,38-/m1/s1. The lowest BCUT2D eigenvalue weighted by Gasteiger charge is -2.29. The van der Waals surface area contributed by atoms with Crippen LogP contribution in [0, 0.1) is 5.92 Å². The average Bonchev–Trinajstić information content (AvgIpc) is 3.89. The number of nitrogens with one attached hydrogen (secondary N) is 3. The largest absolute Gasteiger partial charge is 0.471 e. The van der Waals surface area contributed by atoms with Crippen LogP contribution in [-0.2, 0) is 34.4 Å². The highest BCUT2D eigenvalue weighted by Crippen LogP contribution is 2.46. The Morgan fingerprint density at radius 3 is 2.26 bits per heavy atom. The van der Waals surface area contributed by atoms with Crippen molar-refractivity contribution in [1.29, 1.82) is 0 Å². The minimum absolute atomic E-state index is 0.0357. The predicted molar refractivity (Wildman–Crippen MR) is 217 cm³/mol. The fourth-order valence-corrected chi connectivity index (χ4v) is 12.3. The van der Waals surface area contributed by atoms with Crippen LogP contribution in [0.5, 0.6) is 5.88 Å². The summed E-state index contributed by atoms with van der Waals surface area (Å²) in [5, 5.41) is 7.96. The van der Waals surface area contributed by atoms with Gasteiger partial charge < -0.3 is 15.0 Å². The number of benzene rings is 1. The van der Waals surface area contributed by atoms with Crippen molar-refractivity contribution < 1.29 is 36.0 Å². The maximum Gasteiger partial charge on any atom is 0.273 e. The van der Waals surface area contributed by atoms with Crippen LogP contribution in [0.3, 0.4) is 0 Å². The number of hydrogen-bond acceptors (Lipinski definition) is 13. The lowest BCUT2D eigenvalue weighted by Crippen LogP contribution is -2.58. The zero-order valence-electron chi connectivity index (χ0n) is 30.3. The third-order valence-corrected chi connectivity index (χ3v) is 16.7. The lowest BCUT2D eigenvalue weighted by atomic mass is 10.1. The molecule has 0 bridgehead atoms. The molecule has 2 fully saturated rings. The van der Waals surface area contributed by atoms with Gasteiger partial charge in [0.1, 0.15) is 37.8 Å². The van der Waals surface area contributed by atoms with Gasteiger partial charge in [0.2, 0.25) is 17.7 Å². The molecule has 4 aromatic heterocycles. The van der Waals surface area contributed by atoms with Gasteiger partial charge in [-0.25, -0.2) is 31.5 Å². The summed E-state index contributed by atoms with van der Waals surface area (Å²) in [6, 6.07) is 14.7. The van der Waals surface area contributed by atoms with E-state index in [1.807, 2.05) is 47.9 Å². The second kappa shape index (κ2) is 16.0. The first kappa shape index (κ1) is 39.3. The van der Waals surface area contributed by atoms with Gasteiger partial charge in [0.25, 0.3) is 26.0 Å². The average molecular weight is 867 g/mol. The molecule has 3 aliphatic rings. The highest BCUT2D eigenvalue weighted by atomic mass is 32.3. The van der Waals surface area contributed by atoms with Crippen molar-refractivity contribution in [2.24, 2.45) is 5.92 Å². The molecule has 5 aromatic rings. The Balaban J connectivity index is 1.14. The van der Waals surface area contributed by atoms with E-state index >= 15 is 0 Å². The Morgan fingerprint density at radius 1 is 0.860 bits per heavy atom. The van der Waals surface area contributed by atoms with Crippen molar-refractivity contribution in [3.63, 3.8) is 0 Å². The van der Waals surface area contributed by atoms with Crippen molar-refractivity contribution in [3.8, 4) is 16.5 Å². The summed E-state index contributed by atoms with van der Waals surface area (Å²) in [4.78, 5) is 54.9. The molecule has 0 spiro atoms. The first-order chi connectivity index (χ1) is 27.4. The van der Waals surface area contributed by atoms with Crippen LogP contribution in [0.2, 0.25) is 0 Å². The third kappa shape index (κ3) is 8.26. The number of amides is 3. The molecule has 1 aliphatic carbocycles. The van der Waals surface area contributed by atoms with Gasteiger partial charge in [-0.3, -0.25) is 14.4 Å². The van der Waals surface area contributed by atoms with Crippen LogP contribution in [0.15, 0.2) is 97.4 Å². The van der Waals surface area contributed by atoms with Crippen molar-refractivity contribution in [2.45, 2.75) is 77.1 Å². The van der Waals surface area contributed by atoms with E-state index in [1.165, 1.54) is 28.4 Å². The lowest BCUT2D eigenvalue weighted by molar-refractivity contribution is -0.141. The topological polar surface area (TPSA) is 194 Å². The highest BCUT2D eigenvalue weighted by Gasteiger charge is 2.61. The van der Waals surface area contributed by atoms with E-state index in [0.29, 0.717) is 36.0 Å². The molecule has 298 valence electrons. The number of carbonyl (C=O) groups excluding carboxylic acids is 3. The molecule has 14 nitrogen and oxygen atoms in total. The molecule has 1 saturated carbocycles. The summed E-state index contributed by atoms with van der Waals surface area (Å²) >= 11 is 3.43. The van der Waals surface area contributed by atoms with Gasteiger partial charge in [-0.1, -0.05) is 55.3 Å². The third-order valence-electron chi connectivity index (χ3n) is 10.3. The molecule has 1 unspecified atom stereocenters. The fourth-order valence-electron chi connectivity index (χ4n) is 7.28. The van der Waals surface area contributed by atoms with Crippen molar-refractivity contribution in [2.75, 3.05) is 6.54 Å². The number of carbonyl (C=O) groups is 3. The van der Waals surface area contributed by atoms with Crippen LogP contribution < -0.4 is 19.5 Å². The quantitative estimate of drug-likeness (QED) is 0.168. The predicted octanol–water partition coefficient (Wildman–Crippen LogP) is 5.08.